The number of nitrogens with zero attached hydrogens (tertiary/aromatic N) is 2. The van der Waals surface area contributed by atoms with Crippen LogP contribution in [-0.2, 0) is 13.0 Å². The molecule has 6 heteroatoms. The van der Waals surface area contributed by atoms with E-state index in [-0.39, 0.29) is 0 Å². The second-order valence-electron chi connectivity index (χ2n) is 6.00. The van der Waals surface area contributed by atoms with Gasteiger partial charge in [-0.25, -0.2) is 4.98 Å². The largest absolute Gasteiger partial charge is 0.492 e. The molecule has 25 heavy (non-hydrogen) atoms. The van der Waals surface area contributed by atoms with Crippen LogP contribution in [0.4, 0.5) is 0 Å². The molecule has 2 aromatic rings. The Morgan fingerprint density at radius 3 is 2.60 bits per heavy atom. The Hall–Kier alpha value is -2.08. The first-order valence-electron chi connectivity index (χ1n) is 8.73. The summed E-state index contributed by atoms with van der Waals surface area (Å²) in [5.74, 6) is 2.19. The highest BCUT2D eigenvalue weighted by atomic mass is 32.1. The van der Waals surface area contributed by atoms with Crippen LogP contribution in [-0.4, -0.2) is 31.1 Å². The van der Waals surface area contributed by atoms with Gasteiger partial charge in [0.2, 0.25) is 0 Å². The maximum absolute atomic E-state index is 5.76. The van der Waals surface area contributed by atoms with E-state index in [1.54, 1.807) is 18.4 Å². The van der Waals surface area contributed by atoms with Gasteiger partial charge in [0.1, 0.15) is 17.4 Å². The maximum Gasteiger partial charge on any atom is 0.191 e. The summed E-state index contributed by atoms with van der Waals surface area (Å²) in [6.45, 7) is 8.46. The Morgan fingerprint density at radius 1 is 1.24 bits per heavy atom. The SMILES string of the molecule is CCc1cnc(CNC(=NC)NCCOc2ccc(C(C)C)cc2)s1. The number of aryl methyl sites for hydroxylation is 1. The van der Waals surface area contributed by atoms with Gasteiger partial charge in [0, 0.05) is 18.1 Å². The molecule has 5 nitrogen and oxygen atoms in total. The quantitative estimate of drug-likeness (QED) is 0.429. The summed E-state index contributed by atoms with van der Waals surface area (Å²) in [6.07, 6.45) is 2.97. The van der Waals surface area contributed by atoms with Gasteiger partial charge in [-0.05, 0) is 30.0 Å². The van der Waals surface area contributed by atoms with Crippen LogP contribution < -0.4 is 15.4 Å². The normalized spacial score (nSPS) is 11.6. The second kappa shape index (κ2) is 10.0. The number of ether oxygens (including phenoxy) is 1. The van der Waals surface area contributed by atoms with Crippen LogP contribution in [0.5, 0.6) is 5.75 Å². The first kappa shape index (κ1) is 19.2. The first-order valence-corrected chi connectivity index (χ1v) is 9.54. The number of nitrogens with one attached hydrogen (secondary N) is 2. The second-order valence-corrected chi connectivity index (χ2v) is 7.20. The third-order valence-corrected chi connectivity index (χ3v) is 4.93. The van der Waals surface area contributed by atoms with Crippen molar-refractivity contribution >= 4 is 17.3 Å². The van der Waals surface area contributed by atoms with Crippen LogP contribution in [0.25, 0.3) is 0 Å². The van der Waals surface area contributed by atoms with Crippen molar-refractivity contribution in [2.24, 2.45) is 4.99 Å². The number of aromatic nitrogens is 1. The van der Waals surface area contributed by atoms with Crippen LogP contribution in [0.1, 0.15) is 42.1 Å². The number of thiazole rings is 1. The first-order chi connectivity index (χ1) is 12.1. The van der Waals surface area contributed by atoms with E-state index in [4.69, 9.17) is 4.74 Å². The van der Waals surface area contributed by atoms with Crippen LogP contribution in [0.3, 0.4) is 0 Å². The molecule has 0 saturated heterocycles. The average Bonchev–Trinajstić information content (AvgIpc) is 3.09. The van der Waals surface area contributed by atoms with Crippen molar-refractivity contribution in [2.45, 2.75) is 39.7 Å². The summed E-state index contributed by atoms with van der Waals surface area (Å²) in [4.78, 5) is 9.92. The predicted octanol–water partition coefficient (Wildman–Crippen LogP) is 3.57. The van der Waals surface area contributed by atoms with Crippen molar-refractivity contribution in [1.29, 1.82) is 0 Å². The number of hydrogen-bond donors (Lipinski definition) is 2. The molecule has 0 aliphatic carbocycles. The van der Waals surface area contributed by atoms with Crippen molar-refractivity contribution in [1.82, 2.24) is 15.6 Å². The van der Waals surface area contributed by atoms with Gasteiger partial charge in [-0.1, -0.05) is 32.9 Å². The number of hydrogen-bond acceptors (Lipinski definition) is 4. The standard InChI is InChI=1S/C19H28N4OS/c1-5-17-12-22-18(25-17)13-23-19(20-4)21-10-11-24-16-8-6-15(7-9-16)14(2)3/h6-9,12,14H,5,10-11,13H2,1-4H3,(H2,20,21,23). The van der Waals surface area contributed by atoms with Crippen molar-refractivity contribution in [3.05, 3.63) is 45.9 Å². The lowest BCUT2D eigenvalue weighted by Crippen LogP contribution is -2.38. The minimum Gasteiger partial charge on any atom is -0.492 e. The molecule has 0 bridgehead atoms. The molecule has 2 rings (SSSR count). The van der Waals surface area contributed by atoms with Gasteiger partial charge < -0.3 is 15.4 Å². The lowest BCUT2D eigenvalue weighted by molar-refractivity contribution is 0.322. The lowest BCUT2D eigenvalue weighted by Gasteiger charge is -2.12. The highest BCUT2D eigenvalue weighted by molar-refractivity contribution is 7.11. The molecule has 136 valence electrons. The van der Waals surface area contributed by atoms with Crippen molar-refractivity contribution in [3.8, 4) is 5.75 Å². The van der Waals surface area contributed by atoms with E-state index in [9.17, 15) is 0 Å². The van der Waals surface area contributed by atoms with Crippen LogP contribution in [0.2, 0.25) is 0 Å². The zero-order chi connectivity index (χ0) is 18.1. The fourth-order valence-corrected chi connectivity index (χ4v) is 3.06. The number of benzene rings is 1. The molecule has 0 aliphatic heterocycles. The van der Waals surface area contributed by atoms with Gasteiger partial charge in [-0.3, -0.25) is 4.99 Å². The van der Waals surface area contributed by atoms with Gasteiger partial charge in [0.25, 0.3) is 0 Å². The van der Waals surface area contributed by atoms with Gasteiger partial charge >= 0.3 is 0 Å². The zero-order valence-electron chi connectivity index (χ0n) is 15.5. The molecule has 0 unspecified atom stereocenters. The Morgan fingerprint density at radius 2 is 2.00 bits per heavy atom. The van der Waals surface area contributed by atoms with Gasteiger partial charge in [0.05, 0.1) is 13.1 Å². The molecular weight excluding hydrogens is 332 g/mol. The Labute approximate surface area is 154 Å². The van der Waals surface area contributed by atoms with E-state index < -0.39 is 0 Å². The van der Waals surface area contributed by atoms with E-state index in [0.717, 1.165) is 23.1 Å². The lowest BCUT2D eigenvalue weighted by atomic mass is 10.0. The van der Waals surface area contributed by atoms with Crippen LogP contribution in [0.15, 0.2) is 35.5 Å². The zero-order valence-corrected chi connectivity index (χ0v) is 16.3. The van der Waals surface area contributed by atoms with Crippen LogP contribution >= 0.6 is 11.3 Å². The molecule has 0 saturated carbocycles. The van der Waals surface area contributed by atoms with E-state index >= 15 is 0 Å². The van der Waals surface area contributed by atoms with E-state index in [1.807, 2.05) is 18.3 Å². The Balaban J connectivity index is 1.68. The molecular formula is C19H28N4OS. The average molecular weight is 361 g/mol. The maximum atomic E-state index is 5.76. The van der Waals surface area contributed by atoms with Gasteiger partial charge in [-0.15, -0.1) is 11.3 Å². The van der Waals surface area contributed by atoms with E-state index in [2.05, 4.69) is 53.5 Å². The summed E-state index contributed by atoms with van der Waals surface area (Å²) < 4.78 is 5.76. The predicted molar refractivity (Wildman–Crippen MR) is 106 cm³/mol. The molecule has 1 aromatic heterocycles. The highest BCUT2D eigenvalue weighted by Gasteiger charge is 2.03. The Kier molecular flexibility index (Phi) is 7.73. The van der Waals surface area contributed by atoms with Gasteiger partial charge in [0.15, 0.2) is 5.96 Å². The van der Waals surface area contributed by atoms with E-state index in [1.165, 1.54) is 10.4 Å². The summed E-state index contributed by atoms with van der Waals surface area (Å²) in [5.41, 5.74) is 1.32. The number of aliphatic imine (C=N–C) groups is 1. The molecule has 1 aromatic carbocycles. The summed E-state index contributed by atoms with van der Waals surface area (Å²) in [6, 6.07) is 8.28. The number of rotatable bonds is 8. The van der Waals surface area contributed by atoms with Crippen LogP contribution in [0, 0.1) is 0 Å². The van der Waals surface area contributed by atoms with Gasteiger partial charge in [-0.2, -0.15) is 0 Å². The van der Waals surface area contributed by atoms with Crippen molar-refractivity contribution < 1.29 is 4.74 Å². The minimum absolute atomic E-state index is 0.538. The van der Waals surface area contributed by atoms with E-state index in [0.29, 0.717) is 25.6 Å². The number of guanidine groups is 1. The summed E-state index contributed by atoms with van der Waals surface area (Å²) in [5, 5.41) is 7.59. The summed E-state index contributed by atoms with van der Waals surface area (Å²) in [7, 11) is 1.76. The fourth-order valence-electron chi connectivity index (χ4n) is 2.26. The fraction of sp³-hybridized carbons (Fsp3) is 0.474. The molecule has 0 atom stereocenters. The monoisotopic (exact) mass is 360 g/mol. The van der Waals surface area contributed by atoms with Crippen molar-refractivity contribution in [2.75, 3.05) is 20.2 Å². The molecule has 0 amide bonds. The summed E-state index contributed by atoms with van der Waals surface area (Å²) >= 11 is 1.73. The smallest absolute Gasteiger partial charge is 0.191 e. The molecule has 0 aliphatic rings. The highest BCUT2D eigenvalue weighted by Crippen LogP contribution is 2.18. The minimum atomic E-state index is 0.538. The van der Waals surface area contributed by atoms with Crippen molar-refractivity contribution in [3.63, 3.8) is 0 Å². The topological polar surface area (TPSA) is 58.5 Å². The molecule has 0 fully saturated rings. The Bertz CT molecular complexity index is 664. The molecule has 0 radical (unpaired) electrons. The third-order valence-electron chi connectivity index (χ3n) is 3.79. The molecule has 1 heterocycles. The third kappa shape index (κ3) is 6.38. The molecule has 0 spiro atoms. The molecule has 2 N–H and O–H groups in total.